The van der Waals surface area contributed by atoms with Crippen molar-refractivity contribution in [2.75, 3.05) is 0 Å². The van der Waals surface area contributed by atoms with Crippen LogP contribution in [-0.4, -0.2) is 9.55 Å². The molecule has 0 N–H and O–H groups in total. The Labute approximate surface area is 115 Å². The minimum Gasteiger partial charge on any atom is -0.446 e. The molecule has 17 heavy (non-hydrogen) atoms. The van der Waals surface area contributed by atoms with Crippen LogP contribution in [0, 0.1) is 0 Å². The minimum absolute atomic E-state index is 0.709. The second-order valence-corrected chi connectivity index (χ2v) is 5.43. The lowest BCUT2D eigenvalue weighted by Gasteiger charge is -1.98. The van der Waals surface area contributed by atoms with E-state index in [1.54, 1.807) is 0 Å². The van der Waals surface area contributed by atoms with Crippen LogP contribution < -0.4 is 0 Å². The Kier molecular flexibility index (Phi) is 2.60. The lowest BCUT2D eigenvalue weighted by atomic mass is 10.3. The predicted molar refractivity (Wildman–Crippen MR) is 73.8 cm³/mol. The molecule has 0 saturated heterocycles. The Hall–Kier alpha value is -1.07. The van der Waals surface area contributed by atoms with Gasteiger partial charge in [0, 0.05) is 11.5 Å². The second kappa shape index (κ2) is 3.99. The molecule has 2 heterocycles. The van der Waals surface area contributed by atoms with E-state index in [9.17, 15) is 0 Å². The first-order chi connectivity index (χ1) is 8.15. The highest BCUT2D eigenvalue weighted by molar-refractivity contribution is 9.10. The first kappa shape index (κ1) is 11.0. The lowest BCUT2D eigenvalue weighted by Crippen LogP contribution is -1.90. The molecule has 2 aromatic heterocycles. The van der Waals surface area contributed by atoms with E-state index in [1.807, 2.05) is 41.9 Å². The molecular formula is C12H8Br2N2O. The van der Waals surface area contributed by atoms with Gasteiger partial charge in [-0.05, 0) is 46.3 Å². The van der Waals surface area contributed by atoms with Crippen LogP contribution in [0.3, 0.4) is 0 Å². The van der Waals surface area contributed by atoms with E-state index in [1.165, 1.54) is 0 Å². The summed E-state index contributed by atoms with van der Waals surface area (Å²) in [6, 6.07) is 9.78. The quantitative estimate of drug-likeness (QED) is 0.649. The first-order valence-electron chi connectivity index (χ1n) is 5.03. The van der Waals surface area contributed by atoms with Crippen LogP contribution in [-0.2, 0) is 7.05 Å². The maximum atomic E-state index is 5.53. The van der Waals surface area contributed by atoms with Crippen LogP contribution >= 0.6 is 31.9 Å². The summed E-state index contributed by atoms with van der Waals surface area (Å²) in [5, 5.41) is 0. The predicted octanol–water partition coefficient (Wildman–Crippen LogP) is 4.36. The molecule has 3 aromatic rings. The number of aryl methyl sites for hydroxylation is 1. The van der Waals surface area contributed by atoms with Crippen molar-refractivity contribution in [1.29, 1.82) is 0 Å². The molecule has 0 aliphatic carbocycles. The summed E-state index contributed by atoms with van der Waals surface area (Å²) in [6.45, 7) is 0. The van der Waals surface area contributed by atoms with Gasteiger partial charge in [-0.1, -0.05) is 15.9 Å². The molecule has 3 nitrogen and oxygen atoms in total. The largest absolute Gasteiger partial charge is 0.446 e. The van der Waals surface area contributed by atoms with Crippen LogP contribution in [0.25, 0.3) is 22.6 Å². The fourth-order valence-electron chi connectivity index (χ4n) is 1.82. The van der Waals surface area contributed by atoms with Gasteiger partial charge in [0.25, 0.3) is 0 Å². The lowest BCUT2D eigenvalue weighted by molar-refractivity contribution is 0.549. The molecule has 0 aliphatic heterocycles. The monoisotopic (exact) mass is 354 g/mol. The van der Waals surface area contributed by atoms with Crippen LogP contribution in [0.4, 0.5) is 0 Å². The Morgan fingerprint density at radius 2 is 2.00 bits per heavy atom. The molecule has 0 unspecified atom stereocenters. The third-order valence-corrected chi connectivity index (χ3v) is 3.56. The SMILES string of the molecule is Cn1c(-c2ccc(Br)o2)nc2ccc(Br)cc21. The van der Waals surface area contributed by atoms with E-state index in [0.29, 0.717) is 4.67 Å². The van der Waals surface area contributed by atoms with Gasteiger partial charge in [0.05, 0.1) is 11.0 Å². The molecule has 0 bridgehead atoms. The van der Waals surface area contributed by atoms with E-state index >= 15 is 0 Å². The Morgan fingerprint density at radius 3 is 2.71 bits per heavy atom. The number of hydrogen-bond donors (Lipinski definition) is 0. The molecule has 0 radical (unpaired) electrons. The average Bonchev–Trinajstić information content (AvgIpc) is 2.84. The van der Waals surface area contributed by atoms with E-state index in [0.717, 1.165) is 27.1 Å². The molecule has 5 heteroatoms. The van der Waals surface area contributed by atoms with Crippen molar-refractivity contribution in [1.82, 2.24) is 9.55 Å². The molecular weight excluding hydrogens is 348 g/mol. The number of furan rings is 1. The molecule has 3 rings (SSSR count). The zero-order valence-corrected chi connectivity index (χ0v) is 12.1. The number of hydrogen-bond acceptors (Lipinski definition) is 2. The van der Waals surface area contributed by atoms with Crippen LogP contribution in [0.15, 0.2) is 43.9 Å². The summed E-state index contributed by atoms with van der Waals surface area (Å²) < 4.78 is 9.30. The molecule has 0 spiro atoms. The van der Waals surface area contributed by atoms with Gasteiger partial charge in [-0.15, -0.1) is 0 Å². The Bertz CT molecular complexity index is 700. The highest BCUT2D eigenvalue weighted by atomic mass is 79.9. The fraction of sp³-hybridized carbons (Fsp3) is 0.0833. The summed E-state index contributed by atoms with van der Waals surface area (Å²) in [4.78, 5) is 4.56. The van der Waals surface area contributed by atoms with Crippen molar-refractivity contribution in [2.24, 2.45) is 7.05 Å². The highest BCUT2D eigenvalue weighted by Crippen LogP contribution is 2.28. The molecule has 0 atom stereocenters. The average molecular weight is 356 g/mol. The van der Waals surface area contributed by atoms with E-state index in [-0.39, 0.29) is 0 Å². The molecule has 1 aromatic carbocycles. The minimum atomic E-state index is 0.709. The summed E-state index contributed by atoms with van der Waals surface area (Å²) >= 11 is 6.76. The van der Waals surface area contributed by atoms with Gasteiger partial charge in [-0.3, -0.25) is 0 Å². The topological polar surface area (TPSA) is 31.0 Å². The zero-order valence-electron chi connectivity index (χ0n) is 8.95. The van der Waals surface area contributed by atoms with Crippen LogP contribution in [0.2, 0.25) is 0 Å². The molecule has 0 aliphatic rings. The highest BCUT2D eigenvalue weighted by Gasteiger charge is 2.12. The van der Waals surface area contributed by atoms with E-state index < -0.39 is 0 Å². The van der Waals surface area contributed by atoms with Crippen molar-refractivity contribution in [2.45, 2.75) is 0 Å². The number of benzene rings is 1. The third kappa shape index (κ3) is 1.83. The molecule has 0 fully saturated rings. The number of aromatic nitrogens is 2. The van der Waals surface area contributed by atoms with Gasteiger partial charge < -0.3 is 8.98 Å². The smallest absolute Gasteiger partial charge is 0.177 e. The van der Waals surface area contributed by atoms with E-state index in [4.69, 9.17) is 4.42 Å². The summed E-state index contributed by atoms with van der Waals surface area (Å²) in [6.07, 6.45) is 0. The Balaban J connectivity index is 2.27. The van der Waals surface area contributed by atoms with Crippen LogP contribution in [0.5, 0.6) is 0 Å². The second-order valence-electron chi connectivity index (χ2n) is 3.73. The van der Waals surface area contributed by atoms with Crippen molar-refractivity contribution in [3.05, 3.63) is 39.5 Å². The van der Waals surface area contributed by atoms with Crippen molar-refractivity contribution in [3.63, 3.8) is 0 Å². The maximum Gasteiger partial charge on any atom is 0.177 e. The normalized spacial score (nSPS) is 11.2. The third-order valence-electron chi connectivity index (χ3n) is 2.64. The van der Waals surface area contributed by atoms with Gasteiger partial charge in [-0.25, -0.2) is 4.98 Å². The van der Waals surface area contributed by atoms with Crippen molar-refractivity contribution >= 4 is 42.9 Å². The number of rotatable bonds is 1. The van der Waals surface area contributed by atoms with Crippen molar-refractivity contribution in [3.8, 4) is 11.6 Å². The number of imidazole rings is 1. The van der Waals surface area contributed by atoms with E-state index in [2.05, 4.69) is 36.8 Å². The van der Waals surface area contributed by atoms with Gasteiger partial charge >= 0.3 is 0 Å². The summed E-state index contributed by atoms with van der Waals surface area (Å²) in [5.41, 5.74) is 2.03. The van der Waals surface area contributed by atoms with Crippen LogP contribution in [0.1, 0.15) is 0 Å². The fourth-order valence-corrected chi connectivity index (χ4v) is 2.47. The maximum absolute atomic E-state index is 5.53. The number of halogens is 2. The standard InChI is InChI=1S/C12H8Br2N2O/c1-16-9-6-7(13)2-3-8(9)15-12(16)10-4-5-11(14)17-10/h2-6H,1H3. The van der Waals surface area contributed by atoms with Gasteiger partial charge in [0.1, 0.15) is 0 Å². The molecule has 0 saturated carbocycles. The number of fused-ring (bicyclic) bond motifs is 1. The summed E-state index contributed by atoms with van der Waals surface area (Å²) in [7, 11) is 1.98. The zero-order chi connectivity index (χ0) is 12.0. The van der Waals surface area contributed by atoms with Gasteiger partial charge in [0.2, 0.25) is 0 Å². The van der Waals surface area contributed by atoms with Gasteiger partial charge in [0.15, 0.2) is 16.3 Å². The number of nitrogens with zero attached hydrogens (tertiary/aromatic N) is 2. The molecule has 86 valence electrons. The Morgan fingerprint density at radius 1 is 1.18 bits per heavy atom. The summed E-state index contributed by atoms with van der Waals surface area (Å²) in [5.74, 6) is 1.58. The van der Waals surface area contributed by atoms with Crippen molar-refractivity contribution < 1.29 is 4.42 Å². The van der Waals surface area contributed by atoms with Gasteiger partial charge in [-0.2, -0.15) is 0 Å². The molecule has 0 amide bonds. The first-order valence-corrected chi connectivity index (χ1v) is 6.61.